The number of nitrogens with one attached hydrogen (secondary N) is 1. The number of benzene rings is 1. The first kappa shape index (κ1) is 16.5. The van der Waals surface area contributed by atoms with Crippen LogP contribution in [0, 0.1) is 6.92 Å². The minimum atomic E-state index is 0.484. The highest BCUT2D eigenvalue weighted by molar-refractivity contribution is 5.28. The van der Waals surface area contributed by atoms with E-state index in [-0.39, 0.29) is 0 Å². The Labute approximate surface area is 130 Å². The van der Waals surface area contributed by atoms with Gasteiger partial charge in [-0.05, 0) is 64.1 Å². The summed E-state index contributed by atoms with van der Waals surface area (Å²) in [5.74, 6) is 0. The van der Waals surface area contributed by atoms with Gasteiger partial charge >= 0.3 is 0 Å². The summed E-state index contributed by atoms with van der Waals surface area (Å²) in [7, 11) is 2.23. The predicted octanol–water partition coefficient (Wildman–Crippen LogP) is 2.67. The lowest BCUT2D eigenvalue weighted by Gasteiger charge is -2.25. The summed E-state index contributed by atoms with van der Waals surface area (Å²) < 4.78 is 0. The Hall–Kier alpha value is -0.900. The maximum Gasteiger partial charge on any atom is 0.0334 e. The topological polar surface area (TPSA) is 18.5 Å². The summed E-state index contributed by atoms with van der Waals surface area (Å²) in [5, 5.41) is 3.67. The minimum absolute atomic E-state index is 0.484. The summed E-state index contributed by atoms with van der Waals surface area (Å²) in [6, 6.07) is 9.27. The Kier molecular flexibility index (Phi) is 6.68. The molecule has 0 aliphatic carbocycles. The zero-order chi connectivity index (χ0) is 15.1. The quantitative estimate of drug-likeness (QED) is 0.868. The minimum Gasteiger partial charge on any atom is -0.310 e. The van der Waals surface area contributed by atoms with Crippen LogP contribution in [-0.4, -0.2) is 56.1 Å². The van der Waals surface area contributed by atoms with E-state index in [0.717, 1.165) is 6.54 Å². The first-order valence-electron chi connectivity index (χ1n) is 8.40. The van der Waals surface area contributed by atoms with Crippen LogP contribution in [-0.2, 0) is 0 Å². The van der Waals surface area contributed by atoms with Gasteiger partial charge < -0.3 is 15.1 Å². The van der Waals surface area contributed by atoms with Crippen molar-refractivity contribution in [2.24, 2.45) is 0 Å². The van der Waals surface area contributed by atoms with Crippen LogP contribution in [0.25, 0.3) is 0 Å². The predicted molar refractivity (Wildman–Crippen MR) is 90.8 cm³/mol. The molecule has 0 amide bonds. The molecule has 1 N–H and O–H groups in total. The third-order valence-corrected chi connectivity index (χ3v) is 4.56. The molecule has 118 valence electrons. The number of aryl methyl sites for hydroxylation is 1. The van der Waals surface area contributed by atoms with Crippen molar-refractivity contribution in [1.29, 1.82) is 0 Å². The van der Waals surface area contributed by atoms with E-state index in [1.54, 1.807) is 0 Å². The molecule has 1 atom stereocenters. The molecule has 3 nitrogen and oxygen atoms in total. The summed E-state index contributed by atoms with van der Waals surface area (Å²) in [4.78, 5) is 5.08. The highest BCUT2D eigenvalue weighted by Gasteiger charge is 2.16. The van der Waals surface area contributed by atoms with Gasteiger partial charge in [0.2, 0.25) is 0 Å². The standard InChI is InChI=1S/C18H31N3/c1-4-19-18(17-9-6-5-8-16(17)2)10-13-21-12-7-11-20(3)14-15-21/h5-6,8-9,18-19H,4,7,10-15H2,1-3H3. The molecule has 1 unspecified atom stereocenters. The number of hydrogen-bond acceptors (Lipinski definition) is 3. The van der Waals surface area contributed by atoms with Gasteiger partial charge in [0, 0.05) is 19.1 Å². The molecular weight excluding hydrogens is 258 g/mol. The molecule has 0 saturated carbocycles. The fraction of sp³-hybridized carbons (Fsp3) is 0.667. The van der Waals surface area contributed by atoms with E-state index in [9.17, 15) is 0 Å². The van der Waals surface area contributed by atoms with Crippen molar-refractivity contribution in [3.05, 3.63) is 35.4 Å². The average Bonchev–Trinajstić information content (AvgIpc) is 2.69. The zero-order valence-electron chi connectivity index (χ0n) is 13.9. The lowest BCUT2D eigenvalue weighted by Crippen LogP contribution is -2.32. The van der Waals surface area contributed by atoms with E-state index in [1.165, 1.54) is 56.7 Å². The van der Waals surface area contributed by atoms with E-state index >= 15 is 0 Å². The van der Waals surface area contributed by atoms with Crippen LogP contribution in [0.15, 0.2) is 24.3 Å². The molecule has 21 heavy (non-hydrogen) atoms. The molecular formula is C18H31N3. The molecule has 1 aliphatic rings. The average molecular weight is 289 g/mol. The van der Waals surface area contributed by atoms with Crippen molar-refractivity contribution in [1.82, 2.24) is 15.1 Å². The van der Waals surface area contributed by atoms with Crippen LogP contribution in [0.5, 0.6) is 0 Å². The highest BCUT2D eigenvalue weighted by Crippen LogP contribution is 2.21. The van der Waals surface area contributed by atoms with Gasteiger partial charge in [0.25, 0.3) is 0 Å². The molecule has 0 radical (unpaired) electrons. The van der Waals surface area contributed by atoms with Crippen LogP contribution < -0.4 is 5.32 Å². The van der Waals surface area contributed by atoms with Crippen molar-refractivity contribution in [3.63, 3.8) is 0 Å². The molecule has 3 heteroatoms. The zero-order valence-corrected chi connectivity index (χ0v) is 13.9. The maximum atomic E-state index is 3.67. The first-order valence-corrected chi connectivity index (χ1v) is 8.40. The Morgan fingerprint density at radius 1 is 1.14 bits per heavy atom. The molecule has 0 aromatic heterocycles. The number of likely N-dealkylation sites (N-methyl/N-ethyl adjacent to an activating group) is 1. The van der Waals surface area contributed by atoms with Crippen LogP contribution >= 0.6 is 0 Å². The summed E-state index contributed by atoms with van der Waals surface area (Å²) >= 11 is 0. The summed E-state index contributed by atoms with van der Waals surface area (Å²) in [6.07, 6.45) is 2.50. The summed E-state index contributed by atoms with van der Waals surface area (Å²) in [5.41, 5.74) is 2.87. The second-order valence-corrected chi connectivity index (χ2v) is 6.25. The van der Waals surface area contributed by atoms with Crippen LogP contribution in [0.4, 0.5) is 0 Å². The van der Waals surface area contributed by atoms with E-state index < -0.39 is 0 Å². The van der Waals surface area contributed by atoms with Crippen molar-refractivity contribution in [3.8, 4) is 0 Å². The lowest BCUT2D eigenvalue weighted by molar-refractivity contribution is 0.261. The largest absolute Gasteiger partial charge is 0.310 e. The van der Waals surface area contributed by atoms with Gasteiger partial charge in [-0.3, -0.25) is 0 Å². The fourth-order valence-corrected chi connectivity index (χ4v) is 3.23. The van der Waals surface area contributed by atoms with E-state index in [1.807, 2.05) is 0 Å². The Morgan fingerprint density at radius 2 is 1.95 bits per heavy atom. The van der Waals surface area contributed by atoms with E-state index in [4.69, 9.17) is 0 Å². The van der Waals surface area contributed by atoms with E-state index in [2.05, 4.69) is 60.3 Å². The maximum absolute atomic E-state index is 3.67. The van der Waals surface area contributed by atoms with Gasteiger partial charge in [0.15, 0.2) is 0 Å². The number of rotatable bonds is 6. The molecule has 1 aliphatic heterocycles. The van der Waals surface area contributed by atoms with Gasteiger partial charge in [0.1, 0.15) is 0 Å². The Balaban J connectivity index is 1.92. The fourth-order valence-electron chi connectivity index (χ4n) is 3.23. The van der Waals surface area contributed by atoms with Crippen molar-refractivity contribution in [2.75, 3.05) is 46.3 Å². The second kappa shape index (κ2) is 8.52. The second-order valence-electron chi connectivity index (χ2n) is 6.25. The number of hydrogen-bond donors (Lipinski definition) is 1. The third-order valence-electron chi connectivity index (χ3n) is 4.56. The molecule has 1 aromatic carbocycles. The third kappa shape index (κ3) is 5.10. The van der Waals surface area contributed by atoms with Crippen LogP contribution in [0.2, 0.25) is 0 Å². The molecule has 0 bridgehead atoms. The highest BCUT2D eigenvalue weighted by atomic mass is 15.2. The smallest absolute Gasteiger partial charge is 0.0334 e. The van der Waals surface area contributed by atoms with Gasteiger partial charge in [-0.1, -0.05) is 31.2 Å². The van der Waals surface area contributed by atoms with Crippen LogP contribution in [0.1, 0.15) is 36.9 Å². The Morgan fingerprint density at radius 3 is 2.71 bits per heavy atom. The van der Waals surface area contributed by atoms with Crippen molar-refractivity contribution in [2.45, 2.75) is 32.7 Å². The first-order chi connectivity index (χ1) is 10.2. The molecule has 1 heterocycles. The molecule has 1 aromatic rings. The van der Waals surface area contributed by atoms with Gasteiger partial charge in [0.05, 0.1) is 0 Å². The monoisotopic (exact) mass is 289 g/mol. The van der Waals surface area contributed by atoms with Gasteiger partial charge in [-0.15, -0.1) is 0 Å². The normalized spacial score (nSPS) is 19.4. The van der Waals surface area contributed by atoms with Gasteiger partial charge in [-0.25, -0.2) is 0 Å². The molecule has 1 saturated heterocycles. The number of nitrogens with zero attached hydrogens (tertiary/aromatic N) is 2. The molecule has 0 spiro atoms. The van der Waals surface area contributed by atoms with Crippen molar-refractivity contribution < 1.29 is 0 Å². The molecule has 2 rings (SSSR count). The van der Waals surface area contributed by atoms with E-state index in [0.29, 0.717) is 6.04 Å². The van der Waals surface area contributed by atoms with Crippen molar-refractivity contribution >= 4 is 0 Å². The Bertz CT molecular complexity index is 419. The van der Waals surface area contributed by atoms with Gasteiger partial charge in [-0.2, -0.15) is 0 Å². The summed E-state index contributed by atoms with van der Waals surface area (Å²) in [6.45, 7) is 11.6. The van der Waals surface area contributed by atoms with Crippen LogP contribution in [0.3, 0.4) is 0 Å². The molecule has 1 fully saturated rings. The SMILES string of the molecule is CCNC(CCN1CCCN(C)CC1)c1ccccc1C. The lowest BCUT2D eigenvalue weighted by atomic mass is 9.98.